The van der Waals surface area contributed by atoms with Crippen molar-refractivity contribution in [2.45, 2.75) is 31.0 Å². The van der Waals surface area contributed by atoms with Crippen LogP contribution in [0.1, 0.15) is 28.9 Å². The summed E-state index contributed by atoms with van der Waals surface area (Å²) in [5, 5.41) is 13.2. The van der Waals surface area contributed by atoms with E-state index < -0.39 is 57.4 Å². The fourth-order valence-electron chi connectivity index (χ4n) is 3.62. The number of nitrogen functional groups attached to an aromatic ring is 2. The molecule has 1 unspecified atom stereocenters. The monoisotopic (exact) mass is 650 g/mol. The molecule has 43 heavy (non-hydrogen) atoms. The van der Waals surface area contributed by atoms with Gasteiger partial charge in [-0.15, -0.1) is 0 Å². The number of nitrogens with zero attached hydrogens (tertiary/aromatic N) is 5. The van der Waals surface area contributed by atoms with E-state index in [2.05, 4.69) is 25.3 Å². The number of carboxylic acid groups (broad SMARTS) is 1. The standard InChI is InChI=1S/C21H27N9O10P2.Na/c1-30(9-11-8-24-17-15(25-11)16(22)28-20(23)29-17)12-4-2-10(3-5-12)18(32)26-13(19(33)34)6-7-14(31)27-21(41(35,36)37)42(38,39)40;/h2-5,8,13,21H,6-7,9H2,1H3,(H,26,32)(H,27,31)(H,33,34)(H2,35,36,37)(H2,38,39,40)(H4,22,23,24,28,29);. The van der Waals surface area contributed by atoms with Gasteiger partial charge in [0.05, 0.1) is 18.4 Å². The quantitative estimate of drug-likeness (QED) is 0.0800. The van der Waals surface area contributed by atoms with Crippen LogP contribution in [0.3, 0.4) is 0 Å². The minimum atomic E-state index is -5.43. The van der Waals surface area contributed by atoms with E-state index in [-0.39, 0.29) is 64.6 Å². The molecule has 0 fully saturated rings. The van der Waals surface area contributed by atoms with Crippen LogP contribution in [0.4, 0.5) is 17.5 Å². The summed E-state index contributed by atoms with van der Waals surface area (Å²) in [6.07, 6.45) is 0.232. The third-order valence-electron chi connectivity index (χ3n) is 5.66. The summed E-state index contributed by atoms with van der Waals surface area (Å²) in [6.45, 7) is 0.284. The van der Waals surface area contributed by atoms with Crippen molar-refractivity contribution in [1.82, 2.24) is 30.6 Å². The molecule has 1 atom stereocenters. The molecule has 11 N–H and O–H groups in total. The molecule has 1 radical (unpaired) electrons. The molecule has 22 heteroatoms. The number of hydrogen-bond donors (Lipinski definition) is 9. The molecule has 3 aromatic rings. The van der Waals surface area contributed by atoms with E-state index in [1.807, 2.05) is 0 Å². The molecule has 0 aliphatic rings. The van der Waals surface area contributed by atoms with Crippen LogP contribution in [0.5, 0.6) is 0 Å². The molecule has 19 nitrogen and oxygen atoms in total. The van der Waals surface area contributed by atoms with Crippen molar-refractivity contribution in [1.29, 1.82) is 0 Å². The van der Waals surface area contributed by atoms with Crippen molar-refractivity contribution in [2.24, 2.45) is 0 Å². The summed E-state index contributed by atoms with van der Waals surface area (Å²) in [5.74, 6) is -3.50. The van der Waals surface area contributed by atoms with E-state index in [9.17, 15) is 28.6 Å². The fraction of sp³-hybridized carbons (Fsp3) is 0.286. The van der Waals surface area contributed by atoms with Gasteiger partial charge in [-0.1, -0.05) is 0 Å². The van der Waals surface area contributed by atoms with Gasteiger partial charge in [0, 0.05) is 54.3 Å². The molecule has 0 aliphatic heterocycles. The first kappa shape index (κ1) is 35.9. The first-order valence-corrected chi connectivity index (χ1v) is 15.1. The molecule has 0 spiro atoms. The van der Waals surface area contributed by atoms with Crippen LogP contribution >= 0.6 is 15.2 Å². The van der Waals surface area contributed by atoms with E-state index in [1.165, 1.54) is 23.6 Å². The third kappa shape index (κ3) is 9.89. The van der Waals surface area contributed by atoms with Gasteiger partial charge in [0.2, 0.25) is 17.4 Å². The predicted octanol–water partition coefficient (Wildman–Crippen LogP) is -1.44. The smallest absolute Gasteiger partial charge is 0.360 e. The predicted molar refractivity (Wildman–Crippen MR) is 152 cm³/mol. The molecular weight excluding hydrogens is 623 g/mol. The van der Waals surface area contributed by atoms with E-state index in [4.69, 9.17) is 31.0 Å². The summed E-state index contributed by atoms with van der Waals surface area (Å²) in [6, 6.07) is 4.44. The SMILES string of the molecule is CN(Cc1cnc2nc(N)nc(N)c2n1)c1ccc(C(=O)NC(CCC(=O)NC(P(=O)(O)O)P(=O)(O)O)C(=O)O)cc1.[Na]. The zero-order valence-electron chi connectivity index (χ0n) is 22.7. The van der Waals surface area contributed by atoms with E-state index in [0.717, 1.165) is 0 Å². The van der Waals surface area contributed by atoms with Crippen LogP contribution in [-0.2, 0) is 25.3 Å². The zero-order chi connectivity index (χ0) is 31.4. The number of carboxylic acids is 1. The van der Waals surface area contributed by atoms with Crippen molar-refractivity contribution in [3.63, 3.8) is 0 Å². The molecule has 2 aromatic heterocycles. The second-order valence-electron chi connectivity index (χ2n) is 8.93. The minimum Gasteiger partial charge on any atom is -0.480 e. The fourth-order valence-corrected chi connectivity index (χ4v) is 5.81. The molecular formula is C21H27N9NaO10P2. The second kappa shape index (κ2) is 14.5. The first-order valence-electron chi connectivity index (χ1n) is 11.7. The van der Waals surface area contributed by atoms with Crippen molar-refractivity contribution >= 4 is 91.1 Å². The summed E-state index contributed by atoms with van der Waals surface area (Å²) >= 11 is 0. The van der Waals surface area contributed by atoms with Gasteiger partial charge in [-0.2, -0.15) is 9.97 Å². The number of rotatable bonds is 12. The van der Waals surface area contributed by atoms with Crippen LogP contribution in [0.15, 0.2) is 30.5 Å². The largest absolute Gasteiger partial charge is 0.480 e. The zero-order valence-corrected chi connectivity index (χ0v) is 26.5. The Kier molecular flexibility index (Phi) is 12.1. The number of fused-ring (bicyclic) bond motifs is 1. The van der Waals surface area contributed by atoms with Gasteiger partial charge in [0.25, 0.3) is 5.91 Å². The van der Waals surface area contributed by atoms with Gasteiger partial charge in [0.15, 0.2) is 17.0 Å². The molecule has 1 aromatic carbocycles. The van der Waals surface area contributed by atoms with E-state index in [1.54, 1.807) is 24.1 Å². The van der Waals surface area contributed by atoms with Crippen LogP contribution in [0.25, 0.3) is 11.2 Å². The summed E-state index contributed by atoms with van der Waals surface area (Å²) in [4.78, 5) is 90.9. The third-order valence-corrected chi connectivity index (χ3v) is 9.00. The molecule has 2 heterocycles. The van der Waals surface area contributed by atoms with Crippen LogP contribution in [0.2, 0.25) is 0 Å². The van der Waals surface area contributed by atoms with Gasteiger partial charge in [-0.05, 0) is 30.7 Å². The molecule has 0 saturated carbocycles. The maximum Gasteiger partial charge on any atom is 0.360 e. The molecule has 2 amide bonds. The average Bonchev–Trinajstić information content (AvgIpc) is 2.88. The van der Waals surface area contributed by atoms with Gasteiger partial charge in [-0.25, -0.2) is 14.8 Å². The Hall–Kier alpha value is -3.25. The topological polar surface area (TPSA) is 317 Å². The number of carbonyl (C=O) groups excluding carboxylic acids is 2. The minimum absolute atomic E-state index is 0. The number of amides is 2. The number of hydrogen-bond acceptors (Lipinski definition) is 12. The van der Waals surface area contributed by atoms with Crippen LogP contribution < -0.4 is 27.0 Å². The van der Waals surface area contributed by atoms with Gasteiger partial charge < -0.3 is 51.7 Å². The number of nitrogens with two attached hydrogens (primary N) is 2. The Morgan fingerprint density at radius 3 is 2.14 bits per heavy atom. The first-order chi connectivity index (χ1) is 19.5. The Balaban J connectivity index is 0.00000645. The van der Waals surface area contributed by atoms with Gasteiger partial charge in [0.1, 0.15) is 6.04 Å². The number of benzene rings is 1. The van der Waals surface area contributed by atoms with Crippen LogP contribution in [0, 0.1) is 0 Å². The Labute approximate surface area is 265 Å². The molecule has 0 bridgehead atoms. The second-order valence-corrected chi connectivity index (χ2v) is 12.7. The average molecular weight is 650 g/mol. The summed E-state index contributed by atoms with van der Waals surface area (Å²) < 4.78 is 22.6. The maximum absolute atomic E-state index is 12.7. The summed E-state index contributed by atoms with van der Waals surface area (Å²) in [7, 11) is -9.11. The number of anilines is 3. The van der Waals surface area contributed by atoms with Crippen molar-refractivity contribution < 1.29 is 48.2 Å². The number of aliphatic carboxylic acids is 1. The molecule has 0 saturated heterocycles. The molecule has 3 rings (SSSR count). The Morgan fingerprint density at radius 1 is 0.977 bits per heavy atom. The van der Waals surface area contributed by atoms with Crippen molar-refractivity contribution in [2.75, 3.05) is 23.4 Å². The van der Waals surface area contributed by atoms with E-state index in [0.29, 0.717) is 11.4 Å². The molecule has 0 aliphatic carbocycles. The number of nitrogens with one attached hydrogen (secondary N) is 2. The molecule has 227 valence electrons. The maximum atomic E-state index is 12.7. The Bertz CT molecular complexity index is 1580. The van der Waals surface area contributed by atoms with Crippen LogP contribution in [-0.4, -0.2) is 111 Å². The number of carbonyl (C=O) groups is 3. The normalized spacial score (nSPS) is 12.3. The summed E-state index contributed by atoms with van der Waals surface area (Å²) in [5.41, 5.74) is 10.4. The number of aromatic nitrogens is 4. The van der Waals surface area contributed by atoms with E-state index >= 15 is 0 Å². The van der Waals surface area contributed by atoms with Gasteiger partial charge in [-0.3, -0.25) is 18.7 Å². The van der Waals surface area contributed by atoms with Crippen molar-refractivity contribution in [3.8, 4) is 0 Å². The van der Waals surface area contributed by atoms with Crippen molar-refractivity contribution in [3.05, 3.63) is 41.7 Å². The Morgan fingerprint density at radius 2 is 1.58 bits per heavy atom. The van der Waals surface area contributed by atoms with Gasteiger partial charge >= 0.3 is 21.2 Å².